The van der Waals surface area contributed by atoms with Gasteiger partial charge in [-0.05, 0) is 31.0 Å². The van der Waals surface area contributed by atoms with E-state index >= 15 is 0 Å². The maximum Gasteiger partial charge on any atom is 0.360 e. The Kier molecular flexibility index (Phi) is 8.19. The molecule has 0 bridgehead atoms. The Morgan fingerprint density at radius 1 is 1.17 bits per heavy atom. The van der Waals surface area contributed by atoms with E-state index < -0.39 is 11.8 Å². The first-order valence-electron chi connectivity index (χ1n) is 8.37. The fourth-order valence-corrected chi connectivity index (χ4v) is 2.39. The summed E-state index contributed by atoms with van der Waals surface area (Å²) in [6.07, 6.45) is 0. The quantitative estimate of drug-likeness (QED) is 0.309. The molecular weight excluding hydrogens is 399 g/mol. The molecule has 29 heavy (non-hydrogen) atoms. The van der Waals surface area contributed by atoms with Crippen LogP contribution in [0.5, 0.6) is 0 Å². The van der Waals surface area contributed by atoms with Crippen molar-refractivity contribution in [3.05, 3.63) is 70.0 Å². The van der Waals surface area contributed by atoms with Crippen molar-refractivity contribution in [3.8, 4) is 11.8 Å². The van der Waals surface area contributed by atoms with Crippen molar-refractivity contribution in [1.29, 1.82) is 0 Å². The first-order chi connectivity index (χ1) is 14.0. The predicted octanol–water partition coefficient (Wildman–Crippen LogP) is 3.95. The summed E-state index contributed by atoms with van der Waals surface area (Å²) in [5, 5.41) is 7.93. The number of methoxy groups -OCH3 is 1. The van der Waals surface area contributed by atoms with Gasteiger partial charge in [-0.2, -0.15) is 0 Å². The Hall–Kier alpha value is -3.37. The van der Waals surface area contributed by atoms with Gasteiger partial charge >= 0.3 is 5.97 Å². The molecule has 0 fully saturated rings. The van der Waals surface area contributed by atoms with Crippen LogP contribution in [0.2, 0.25) is 5.02 Å². The summed E-state index contributed by atoms with van der Waals surface area (Å²) in [4.78, 5) is 22.0. The lowest BCUT2D eigenvalue weighted by Crippen LogP contribution is -2.19. The molecule has 0 aliphatic carbocycles. The van der Waals surface area contributed by atoms with Crippen LogP contribution in [0.3, 0.4) is 0 Å². The number of halogens is 2. The van der Waals surface area contributed by atoms with Crippen molar-refractivity contribution in [2.45, 2.75) is 13.5 Å². The van der Waals surface area contributed by atoms with Crippen LogP contribution < -0.4 is 0 Å². The Morgan fingerprint density at radius 3 is 2.62 bits per heavy atom. The minimum Gasteiger partial charge on any atom is -0.464 e. The van der Waals surface area contributed by atoms with Crippen molar-refractivity contribution in [2.24, 2.45) is 10.3 Å². The average Bonchev–Trinajstić information content (AvgIpc) is 2.71. The van der Waals surface area contributed by atoms with Crippen LogP contribution in [0.4, 0.5) is 4.39 Å². The zero-order valence-corrected chi connectivity index (χ0v) is 16.8. The summed E-state index contributed by atoms with van der Waals surface area (Å²) in [7, 11) is 2.58. The Balaban J connectivity index is 2.14. The van der Waals surface area contributed by atoms with Gasteiger partial charge in [0.2, 0.25) is 0 Å². The highest BCUT2D eigenvalue weighted by atomic mass is 35.5. The van der Waals surface area contributed by atoms with Gasteiger partial charge in [0.05, 0.1) is 12.7 Å². The number of hydrogen-bond donors (Lipinski definition) is 0. The summed E-state index contributed by atoms with van der Waals surface area (Å²) in [6.45, 7) is 1.67. The van der Waals surface area contributed by atoms with Gasteiger partial charge in [0, 0.05) is 16.1 Å². The minimum atomic E-state index is -0.644. The third-order valence-corrected chi connectivity index (χ3v) is 3.80. The smallest absolute Gasteiger partial charge is 0.360 e. The number of nitrogens with zero attached hydrogens (tertiary/aromatic N) is 2. The zero-order chi connectivity index (χ0) is 21.2. The number of esters is 1. The molecule has 0 aliphatic heterocycles. The average molecular weight is 417 g/mol. The highest BCUT2D eigenvalue weighted by molar-refractivity contribution is 6.43. The van der Waals surface area contributed by atoms with Crippen molar-refractivity contribution in [3.63, 3.8) is 0 Å². The number of ether oxygens (including phenoxy) is 1. The lowest BCUT2D eigenvalue weighted by Gasteiger charge is -2.09. The molecule has 6 nitrogen and oxygen atoms in total. The Morgan fingerprint density at radius 2 is 1.93 bits per heavy atom. The van der Waals surface area contributed by atoms with Crippen LogP contribution in [0.15, 0.2) is 52.8 Å². The summed E-state index contributed by atoms with van der Waals surface area (Å²) in [5.41, 5.74) is 1.68. The molecular formula is C21H18ClFN2O4. The van der Waals surface area contributed by atoms with Crippen molar-refractivity contribution < 1.29 is 23.6 Å². The van der Waals surface area contributed by atoms with Crippen molar-refractivity contribution in [1.82, 2.24) is 0 Å². The fraction of sp³-hybridized carbons (Fsp3) is 0.190. The SMILES string of the molecule is CO/N=C(/C(=O)OC)c1ccccc1CO/N=C(\C)C#Cc1ccc(Cl)cc1F. The van der Waals surface area contributed by atoms with Gasteiger partial charge in [-0.15, -0.1) is 0 Å². The molecule has 0 N–H and O–H groups in total. The number of benzene rings is 2. The number of carbonyl (C=O) groups is 1. The molecule has 0 atom stereocenters. The lowest BCUT2D eigenvalue weighted by molar-refractivity contribution is -0.132. The molecule has 0 saturated heterocycles. The molecule has 0 spiro atoms. The minimum absolute atomic E-state index is 0.00732. The lowest BCUT2D eigenvalue weighted by atomic mass is 10.0. The topological polar surface area (TPSA) is 69.5 Å². The summed E-state index contributed by atoms with van der Waals surface area (Å²) < 4.78 is 18.5. The number of rotatable bonds is 6. The Bertz CT molecular complexity index is 1010. The molecule has 0 amide bonds. The highest BCUT2D eigenvalue weighted by Crippen LogP contribution is 2.14. The molecule has 0 radical (unpaired) electrons. The number of oxime groups is 2. The molecule has 0 saturated carbocycles. The highest BCUT2D eigenvalue weighted by Gasteiger charge is 2.19. The fourth-order valence-electron chi connectivity index (χ4n) is 2.23. The van der Waals surface area contributed by atoms with Crippen LogP contribution in [0.1, 0.15) is 23.6 Å². The summed E-state index contributed by atoms with van der Waals surface area (Å²) >= 11 is 5.71. The van der Waals surface area contributed by atoms with E-state index in [2.05, 4.69) is 22.2 Å². The molecule has 0 aromatic heterocycles. The van der Waals surface area contributed by atoms with Crippen LogP contribution in [0.25, 0.3) is 0 Å². The normalized spacial score (nSPS) is 11.3. The van der Waals surface area contributed by atoms with E-state index in [9.17, 15) is 9.18 Å². The molecule has 2 rings (SSSR count). The summed E-state index contributed by atoms with van der Waals surface area (Å²) in [6, 6.07) is 11.2. The van der Waals surface area contributed by atoms with Gasteiger partial charge in [0.1, 0.15) is 25.2 Å². The van der Waals surface area contributed by atoms with E-state index in [4.69, 9.17) is 26.0 Å². The second-order valence-corrected chi connectivity index (χ2v) is 6.03. The molecule has 0 unspecified atom stereocenters. The number of carbonyl (C=O) groups excluding carboxylic acids is 1. The number of hydrogen-bond acceptors (Lipinski definition) is 6. The van der Waals surface area contributed by atoms with Gasteiger partial charge in [-0.25, -0.2) is 9.18 Å². The van der Waals surface area contributed by atoms with E-state index in [0.29, 0.717) is 21.9 Å². The molecule has 2 aromatic carbocycles. The largest absolute Gasteiger partial charge is 0.464 e. The monoisotopic (exact) mass is 416 g/mol. The predicted molar refractivity (Wildman–Crippen MR) is 108 cm³/mol. The molecule has 2 aromatic rings. The van der Waals surface area contributed by atoms with Crippen LogP contribution >= 0.6 is 11.6 Å². The summed E-state index contributed by atoms with van der Waals surface area (Å²) in [5.74, 6) is 4.21. The maximum absolute atomic E-state index is 13.7. The van der Waals surface area contributed by atoms with Crippen molar-refractivity contribution in [2.75, 3.05) is 14.2 Å². The van der Waals surface area contributed by atoms with Crippen LogP contribution in [0, 0.1) is 17.7 Å². The molecule has 0 heterocycles. The standard InChI is InChI=1S/C21H18ClFN2O4/c1-14(8-9-15-10-11-17(22)12-19(15)23)24-29-13-16-6-4-5-7-18(16)20(25-28-3)21(26)27-2/h4-7,10-12H,13H2,1-3H3/b24-14+,25-20+. The second-order valence-electron chi connectivity index (χ2n) is 5.60. The molecule has 150 valence electrons. The van der Waals surface area contributed by atoms with E-state index in [1.165, 1.54) is 26.4 Å². The van der Waals surface area contributed by atoms with E-state index in [0.717, 1.165) is 0 Å². The van der Waals surface area contributed by atoms with Gasteiger partial charge in [-0.3, -0.25) is 0 Å². The third-order valence-electron chi connectivity index (χ3n) is 3.56. The van der Waals surface area contributed by atoms with E-state index in [1.54, 1.807) is 37.3 Å². The first kappa shape index (κ1) is 21.9. The molecule has 0 aliphatic rings. The van der Waals surface area contributed by atoms with Crippen molar-refractivity contribution >= 4 is 29.0 Å². The van der Waals surface area contributed by atoms with Crippen LogP contribution in [-0.2, 0) is 25.8 Å². The van der Waals surface area contributed by atoms with Gasteiger partial charge < -0.3 is 14.4 Å². The third kappa shape index (κ3) is 6.33. The zero-order valence-electron chi connectivity index (χ0n) is 16.0. The van der Waals surface area contributed by atoms with Crippen LogP contribution in [-0.4, -0.2) is 31.6 Å². The van der Waals surface area contributed by atoms with Gasteiger partial charge in [0.25, 0.3) is 0 Å². The second kappa shape index (κ2) is 10.8. The van der Waals surface area contributed by atoms with Gasteiger partial charge in [-0.1, -0.05) is 52.1 Å². The molecule has 8 heteroatoms. The maximum atomic E-state index is 13.7. The Labute approximate surface area is 172 Å². The first-order valence-corrected chi connectivity index (χ1v) is 8.75. The van der Waals surface area contributed by atoms with E-state index in [-0.39, 0.29) is 17.9 Å². The van der Waals surface area contributed by atoms with E-state index in [1.807, 2.05) is 0 Å². The van der Waals surface area contributed by atoms with Gasteiger partial charge in [0.15, 0.2) is 5.71 Å².